The molecular weight excluding hydrogens is 379 g/mol. The van der Waals surface area contributed by atoms with Crippen LogP contribution >= 0.6 is 0 Å². The van der Waals surface area contributed by atoms with Crippen LogP contribution in [0.3, 0.4) is 0 Å². The number of aliphatic hydroxyl groups is 1. The minimum atomic E-state index is -4.77. The number of hydrogen-bond acceptors (Lipinski definition) is 6. The molecule has 1 fully saturated rings. The average molecular weight is 397 g/mol. The molecule has 2 aromatic carbocycles. The number of hydrogen-bond donors (Lipinski definition) is 3. The highest BCUT2D eigenvalue weighted by molar-refractivity contribution is 5.96. The molecule has 6 nitrogen and oxygen atoms in total. The van der Waals surface area contributed by atoms with E-state index >= 15 is 0 Å². The van der Waals surface area contributed by atoms with Gasteiger partial charge in [-0.1, -0.05) is 18.2 Å². The van der Waals surface area contributed by atoms with Crippen molar-refractivity contribution in [2.75, 3.05) is 26.4 Å². The summed E-state index contributed by atoms with van der Waals surface area (Å²) in [6, 6.07) is 9.68. The number of phenolic OH excluding ortho intramolecular Hbond substituents is 1. The summed E-state index contributed by atoms with van der Waals surface area (Å²) in [5.74, 6) is -0.798. The number of phenols is 1. The van der Waals surface area contributed by atoms with Crippen LogP contribution in [0.1, 0.15) is 5.56 Å². The Balaban J connectivity index is 1.74. The molecule has 3 rings (SSSR count). The molecule has 1 aliphatic heterocycles. The summed E-state index contributed by atoms with van der Waals surface area (Å²) in [6.07, 6.45) is -4.77. The number of aliphatic hydroxyl groups excluding tert-OH is 1. The summed E-state index contributed by atoms with van der Waals surface area (Å²) >= 11 is 0. The van der Waals surface area contributed by atoms with Gasteiger partial charge in [-0.25, -0.2) is 0 Å². The molecule has 0 spiro atoms. The van der Waals surface area contributed by atoms with E-state index in [-0.39, 0.29) is 36.2 Å². The van der Waals surface area contributed by atoms with Crippen LogP contribution in [-0.2, 0) is 9.47 Å². The van der Waals surface area contributed by atoms with E-state index in [1.807, 2.05) is 0 Å². The number of nitrogens with one attached hydrogen (secondary N) is 1. The molecule has 0 unspecified atom stereocenters. The summed E-state index contributed by atoms with van der Waals surface area (Å²) in [6.45, 7) is 0.582. The Morgan fingerprint density at radius 2 is 1.75 bits per heavy atom. The Morgan fingerprint density at radius 3 is 2.29 bits per heavy atom. The van der Waals surface area contributed by atoms with E-state index in [0.29, 0.717) is 24.3 Å². The van der Waals surface area contributed by atoms with E-state index in [1.165, 1.54) is 36.4 Å². The van der Waals surface area contributed by atoms with Crippen LogP contribution in [0, 0.1) is 10.8 Å². The number of ether oxygens (including phenoxy) is 3. The molecule has 1 aliphatic rings. The first-order chi connectivity index (χ1) is 13.2. The SMILES string of the molecule is N=C(OCC1(CO)COC1)c1cc(-c2ccc(OC(F)(F)F)cc2)ccc1O. The van der Waals surface area contributed by atoms with E-state index < -0.39 is 11.8 Å². The summed E-state index contributed by atoms with van der Waals surface area (Å²) in [7, 11) is 0. The van der Waals surface area contributed by atoms with E-state index in [9.17, 15) is 23.4 Å². The van der Waals surface area contributed by atoms with Gasteiger partial charge in [0.1, 0.15) is 18.1 Å². The van der Waals surface area contributed by atoms with Gasteiger partial charge < -0.3 is 24.4 Å². The molecule has 0 saturated carbocycles. The molecule has 9 heteroatoms. The fraction of sp³-hybridized carbons (Fsp3) is 0.316. The standard InChI is InChI=1S/C19H18F3NO5/c20-19(21,22)28-14-4-1-12(2-5-14)13-3-6-16(25)15(7-13)17(23)27-11-18(8-24)9-26-10-18/h1-7,23-25H,8-11H2. The predicted molar refractivity (Wildman–Crippen MR) is 93.3 cm³/mol. The summed E-state index contributed by atoms with van der Waals surface area (Å²) in [4.78, 5) is 0. The summed E-state index contributed by atoms with van der Waals surface area (Å²) in [5.41, 5.74) is 0.723. The molecule has 1 saturated heterocycles. The largest absolute Gasteiger partial charge is 0.573 e. The van der Waals surface area contributed by atoms with Gasteiger partial charge in [0.05, 0.1) is 30.8 Å². The number of alkyl halides is 3. The van der Waals surface area contributed by atoms with Gasteiger partial charge >= 0.3 is 6.36 Å². The summed E-state index contributed by atoms with van der Waals surface area (Å²) < 4.78 is 51.1. The van der Waals surface area contributed by atoms with Gasteiger partial charge in [-0.3, -0.25) is 5.41 Å². The minimum Gasteiger partial charge on any atom is -0.507 e. The van der Waals surface area contributed by atoms with Gasteiger partial charge in [-0.2, -0.15) is 0 Å². The fourth-order valence-electron chi connectivity index (χ4n) is 2.66. The van der Waals surface area contributed by atoms with Crippen molar-refractivity contribution in [3.05, 3.63) is 48.0 Å². The van der Waals surface area contributed by atoms with Crippen LogP contribution in [0.2, 0.25) is 0 Å². The first-order valence-corrected chi connectivity index (χ1v) is 8.31. The average Bonchev–Trinajstić information content (AvgIpc) is 2.61. The van der Waals surface area contributed by atoms with Crippen LogP contribution < -0.4 is 4.74 Å². The van der Waals surface area contributed by atoms with Crippen LogP contribution in [0.5, 0.6) is 11.5 Å². The van der Waals surface area contributed by atoms with E-state index in [2.05, 4.69) is 4.74 Å². The number of halogens is 3. The van der Waals surface area contributed by atoms with Crippen molar-refractivity contribution < 1.29 is 37.6 Å². The molecule has 1 heterocycles. The van der Waals surface area contributed by atoms with Gasteiger partial charge in [0.15, 0.2) is 0 Å². The predicted octanol–water partition coefficient (Wildman–Crippen LogP) is 3.31. The second-order valence-corrected chi connectivity index (χ2v) is 6.57. The molecule has 0 radical (unpaired) electrons. The quantitative estimate of drug-likeness (QED) is 0.514. The third-order valence-corrected chi connectivity index (χ3v) is 4.34. The van der Waals surface area contributed by atoms with Gasteiger partial charge in [-0.05, 0) is 35.4 Å². The zero-order chi connectivity index (χ0) is 20.4. The van der Waals surface area contributed by atoms with Crippen molar-refractivity contribution in [1.82, 2.24) is 0 Å². The van der Waals surface area contributed by atoms with Crippen molar-refractivity contribution in [3.63, 3.8) is 0 Å². The van der Waals surface area contributed by atoms with E-state index in [4.69, 9.17) is 14.9 Å². The first kappa shape index (κ1) is 20.0. The van der Waals surface area contributed by atoms with Crippen molar-refractivity contribution >= 4 is 5.90 Å². The maximum atomic E-state index is 12.3. The lowest BCUT2D eigenvalue weighted by Crippen LogP contribution is -2.49. The Kier molecular flexibility index (Phi) is 5.48. The topological polar surface area (TPSA) is 92.0 Å². The zero-order valence-corrected chi connectivity index (χ0v) is 14.6. The Bertz CT molecular complexity index is 842. The van der Waals surface area contributed by atoms with Crippen molar-refractivity contribution in [1.29, 1.82) is 5.41 Å². The lowest BCUT2D eigenvalue weighted by molar-refractivity contribution is -0.274. The van der Waals surface area contributed by atoms with E-state index in [1.54, 1.807) is 6.07 Å². The van der Waals surface area contributed by atoms with Gasteiger partial charge in [0, 0.05) is 0 Å². The maximum Gasteiger partial charge on any atom is 0.573 e. The van der Waals surface area contributed by atoms with E-state index in [0.717, 1.165) is 0 Å². The normalized spacial score (nSPS) is 15.6. The van der Waals surface area contributed by atoms with Crippen molar-refractivity contribution in [2.45, 2.75) is 6.36 Å². The molecule has 3 N–H and O–H groups in total. The number of benzene rings is 2. The van der Waals surface area contributed by atoms with Gasteiger partial charge in [0.2, 0.25) is 5.90 Å². The highest BCUT2D eigenvalue weighted by atomic mass is 19.4. The smallest absolute Gasteiger partial charge is 0.507 e. The van der Waals surface area contributed by atoms with Gasteiger partial charge in [0.25, 0.3) is 0 Å². The van der Waals surface area contributed by atoms with Crippen molar-refractivity contribution in [3.8, 4) is 22.6 Å². The Hall–Kier alpha value is -2.78. The minimum absolute atomic E-state index is 0.0650. The van der Waals surface area contributed by atoms with Gasteiger partial charge in [-0.15, -0.1) is 13.2 Å². The lowest BCUT2D eigenvalue weighted by Gasteiger charge is -2.39. The number of aromatic hydroxyl groups is 1. The monoisotopic (exact) mass is 397 g/mol. The molecule has 0 atom stereocenters. The number of rotatable bonds is 6. The molecule has 0 aliphatic carbocycles. The maximum absolute atomic E-state index is 12.3. The summed E-state index contributed by atoms with van der Waals surface area (Å²) in [5, 5.41) is 27.5. The van der Waals surface area contributed by atoms with Crippen LogP contribution in [0.15, 0.2) is 42.5 Å². The molecule has 28 heavy (non-hydrogen) atoms. The Morgan fingerprint density at radius 1 is 1.11 bits per heavy atom. The third kappa shape index (κ3) is 4.55. The molecular formula is C19H18F3NO5. The molecule has 0 bridgehead atoms. The molecule has 2 aromatic rings. The molecule has 0 amide bonds. The van der Waals surface area contributed by atoms with Crippen LogP contribution in [-0.4, -0.2) is 48.9 Å². The highest BCUT2D eigenvalue weighted by Crippen LogP contribution is 2.31. The third-order valence-electron chi connectivity index (χ3n) is 4.34. The second-order valence-electron chi connectivity index (χ2n) is 6.57. The highest BCUT2D eigenvalue weighted by Gasteiger charge is 2.39. The van der Waals surface area contributed by atoms with Crippen LogP contribution in [0.4, 0.5) is 13.2 Å². The molecule has 150 valence electrons. The Labute approximate surface area is 158 Å². The zero-order valence-electron chi connectivity index (χ0n) is 14.6. The molecule has 0 aromatic heterocycles. The van der Waals surface area contributed by atoms with Crippen LogP contribution in [0.25, 0.3) is 11.1 Å². The first-order valence-electron chi connectivity index (χ1n) is 8.31. The lowest BCUT2D eigenvalue weighted by atomic mass is 9.88. The fourth-order valence-corrected chi connectivity index (χ4v) is 2.66. The second kappa shape index (κ2) is 7.69. The van der Waals surface area contributed by atoms with Crippen molar-refractivity contribution in [2.24, 2.45) is 5.41 Å².